The van der Waals surface area contributed by atoms with Gasteiger partial charge in [0.15, 0.2) is 11.7 Å². The van der Waals surface area contributed by atoms with Gasteiger partial charge in [0, 0.05) is 23.9 Å². The van der Waals surface area contributed by atoms with E-state index in [2.05, 4.69) is 15.7 Å². The van der Waals surface area contributed by atoms with Crippen molar-refractivity contribution in [2.24, 2.45) is 5.92 Å². The molecule has 1 saturated carbocycles. The second-order valence-corrected chi connectivity index (χ2v) is 6.93. The molecule has 9 heteroatoms. The maximum atomic E-state index is 13.5. The predicted octanol–water partition coefficient (Wildman–Crippen LogP) is 3.84. The summed E-state index contributed by atoms with van der Waals surface area (Å²) in [6.45, 7) is 0. The van der Waals surface area contributed by atoms with Crippen LogP contribution in [0.5, 0.6) is 5.75 Å². The lowest BCUT2D eigenvalue weighted by atomic mass is 10.0. The van der Waals surface area contributed by atoms with E-state index in [1.807, 2.05) is 0 Å². The molecule has 1 aliphatic heterocycles. The van der Waals surface area contributed by atoms with Crippen LogP contribution in [0.2, 0.25) is 0 Å². The first kappa shape index (κ1) is 17.7. The Hall–Kier alpha value is -2.71. The molecule has 2 aromatic rings. The second kappa shape index (κ2) is 6.47. The highest BCUT2D eigenvalue weighted by Crippen LogP contribution is 2.45. The molecule has 2 atom stereocenters. The van der Waals surface area contributed by atoms with Crippen molar-refractivity contribution in [2.75, 3.05) is 17.7 Å². The molecule has 0 saturated heterocycles. The third kappa shape index (κ3) is 3.58. The average Bonchev–Trinajstić information content (AvgIpc) is 3.38. The normalized spacial score (nSPS) is 21.9. The Morgan fingerprint density at radius 1 is 1.33 bits per heavy atom. The summed E-state index contributed by atoms with van der Waals surface area (Å²) in [5, 5.41) is 9.70. The number of amides is 1. The van der Waals surface area contributed by atoms with Gasteiger partial charge in [-0.3, -0.25) is 4.79 Å². The highest BCUT2D eigenvalue weighted by Gasteiger charge is 2.49. The van der Waals surface area contributed by atoms with Gasteiger partial charge >= 0.3 is 6.18 Å². The number of aromatic nitrogens is 2. The number of rotatable bonds is 4. The largest absolute Gasteiger partial charge is 0.497 e. The number of methoxy groups -OCH3 is 1. The molecule has 4 rings (SSSR count). The fourth-order valence-electron chi connectivity index (χ4n) is 3.42. The zero-order valence-corrected chi connectivity index (χ0v) is 14.6. The molecule has 0 bridgehead atoms. The SMILES string of the molecule is COc1cccc(NC(=O)c2cc3n(n2)C(C(F)(F)F)CC(C2CC2)N3)c1. The molecule has 1 fully saturated rings. The van der Waals surface area contributed by atoms with Crippen molar-refractivity contribution in [1.29, 1.82) is 0 Å². The molecule has 1 amide bonds. The lowest BCUT2D eigenvalue weighted by molar-refractivity contribution is -0.174. The first-order valence-corrected chi connectivity index (χ1v) is 8.73. The summed E-state index contributed by atoms with van der Waals surface area (Å²) in [4.78, 5) is 12.5. The van der Waals surface area contributed by atoms with Gasteiger partial charge in [0.1, 0.15) is 11.6 Å². The number of carbonyl (C=O) groups excluding carboxylic acids is 1. The summed E-state index contributed by atoms with van der Waals surface area (Å²) >= 11 is 0. The second-order valence-electron chi connectivity index (χ2n) is 6.93. The van der Waals surface area contributed by atoms with E-state index < -0.39 is 18.1 Å². The van der Waals surface area contributed by atoms with Gasteiger partial charge < -0.3 is 15.4 Å². The van der Waals surface area contributed by atoms with Gasteiger partial charge in [0.05, 0.1) is 7.11 Å². The summed E-state index contributed by atoms with van der Waals surface area (Å²) in [7, 11) is 1.50. The van der Waals surface area contributed by atoms with Crippen LogP contribution in [-0.2, 0) is 0 Å². The lowest BCUT2D eigenvalue weighted by Gasteiger charge is -2.33. The number of nitrogens with zero attached hydrogens (tertiary/aromatic N) is 2. The molecular weight excluding hydrogens is 361 g/mol. The number of nitrogens with one attached hydrogen (secondary N) is 2. The van der Waals surface area contributed by atoms with Crippen LogP contribution < -0.4 is 15.4 Å². The smallest absolute Gasteiger partial charge is 0.410 e. The van der Waals surface area contributed by atoms with Crippen molar-refractivity contribution in [3.8, 4) is 5.75 Å². The van der Waals surface area contributed by atoms with Crippen LogP contribution in [0.3, 0.4) is 0 Å². The predicted molar refractivity (Wildman–Crippen MR) is 93.0 cm³/mol. The highest BCUT2D eigenvalue weighted by molar-refractivity contribution is 6.03. The molecule has 2 aliphatic rings. The van der Waals surface area contributed by atoms with Crippen LogP contribution in [0.15, 0.2) is 30.3 Å². The molecule has 1 aliphatic carbocycles. The van der Waals surface area contributed by atoms with Gasteiger partial charge in [-0.05, 0) is 37.3 Å². The van der Waals surface area contributed by atoms with Gasteiger partial charge in [0.2, 0.25) is 0 Å². The van der Waals surface area contributed by atoms with Crippen molar-refractivity contribution >= 4 is 17.4 Å². The molecule has 0 spiro atoms. The van der Waals surface area contributed by atoms with E-state index in [9.17, 15) is 18.0 Å². The van der Waals surface area contributed by atoms with Crippen molar-refractivity contribution in [3.63, 3.8) is 0 Å². The molecule has 2 N–H and O–H groups in total. The monoisotopic (exact) mass is 380 g/mol. The van der Waals surface area contributed by atoms with E-state index in [0.29, 0.717) is 11.4 Å². The molecule has 0 radical (unpaired) electrons. The summed E-state index contributed by atoms with van der Waals surface area (Å²) in [6, 6.07) is 6.12. The molecule has 144 valence electrons. The molecule has 2 unspecified atom stereocenters. The molecule has 2 heterocycles. The van der Waals surface area contributed by atoms with Crippen molar-refractivity contribution < 1.29 is 22.7 Å². The van der Waals surface area contributed by atoms with E-state index in [1.54, 1.807) is 24.3 Å². The molecular formula is C18H19F3N4O2. The molecule has 1 aromatic carbocycles. The van der Waals surface area contributed by atoms with E-state index in [1.165, 1.54) is 13.2 Å². The van der Waals surface area contributed by atoms with Crippen molar-refractivity contribution in [2.45, 2.75) is 37.5 Å². The van der Waals surface area contributed by atoms with Crippen LogP contribution >= 0.6 is 0 Å². The maximum Gasteiger partial charge on any atom is 0.410 e. The molecule has 6 nitrogen and oxygen atoms in total. The Labute approximate surface area is 153 Å². The zero-order valence-electron chi connectivity index (χ0n) is 14.6. The zero-order chi connectivity index (χ0) is 19.2. The Morgan fingerprint density at radius 3 is 2.78 bits per heavy atom. The summed E-state index contributed by atoms with van der Waals surface area (Å²) in [5.74, 6) is 0.475. The van der Waals surface area contributed by atoms with Crippen LogP contribution in [0, 0.1) is 5.92 Å². The lowest BCUT2D eigenvalue weighted by Crippen LogP contribution is -2.40. The standard InChI is InChI=1S/C18H19F3N4O2/c1-27-12-4-2-3-11(7-12)22-17(26)14-9-16-23-13(10-5-6-10)8-15(18(19,20)21)25(16)24-14/h2-4,7,9-10,13,15,23H,5-6,8H2,1H3,(H,22,26). The van der Waals surface area contributed by atoms with Crippen molar-refractivity contribution in [3.05, 3.63) is 36.0 Å². The average molecular weight is 380 g/mol. The maximum absolute atomic E-state index is 13.5. The molecule has 27 heavy (non-hydrogen) atoms. The van der Waals surface area contributed by atoms with Gasteiger partial charge in [-0.15, -0.1) is 0 Å². The third-order valence-electron chi connectivity index (χ3n) is 4.97. The van der Waals surface area contributed by atoms with Gasteiger partial charge in [0.25, 0.3) is 5.91 Å². The Bertz CT molecular complexity index is 861. The Kier molecular flexibility index (Phi) is 4.24. The fraction of sp³-hybridized carbons (Fsp3) is 0.444. The summed E-state index contributed by atoms with van der Waals surface area (Å²) in [5.41, 5.74) is 0.410. The number of fused-ring (bicyclic) bond motifs is 1. The number of alkyl halides is 3. The summed E-state index contributed by atoms with van der Waals surface area (Å²) < 4.78 is 46.5. The number of hydrogen-bond donors (Lipinski definition) is 2. The van der Waals surface area contributed by atoms with Crippen LogP contribution in [0.25, 0.3) is 0 Å². The highest BCUT2D eigenvalue weighted by atomic mass is 19.4. The topological polar surface area (TPSA) is 68.2 Å². The van der Waals surface area contributed by atoms with Crippen LogP contribution in [-0.4, -0.2) is 35.0 Å². The number of halogens is 3. The third-order valence-corrected chi connectivity index (χ3v) is 4.97. The Balaban J connectivity index is 1.59. The van der Waals surface area contributed by atoms with E-state index in [-0.39, 0.29) is 29.9 Å². The molecule has 1 aromatic heterocycles. The van der Waals surface area contributed by atoms with E-state index in [0.717, 1.165) is 17.5 Å². The van der Waals surface area contributed by atoms with Crippen molar-refractivity contribution in [1.82, 2.24) is 9.78 Å². The minimum atomic E-state index is -4.42. The van der Waals surface area contributed by atoms with Gasteiger partial charge in [-0.2, -0.15) is 18.3 Å². The Morgan fingerprint density at radius 2 is 2.11 bits per heavy atom. The minimum Gasteiger partial charge on any atom is -0.497 e. The van der Waals surface area contributed by atoms with Crippen LogP contribution in [0.1, 0.15) is 35.8 Å². The minimum absolute atomic E-state index is 0.0639. The van der Waals surface area contributed by atoms with E-state index >= 15 is 0 Å². The van der Waals surface area contributed by atoms with Gasteiger partial charge in [-0.25, -0.2) is 4.68 Å². The number of anilines is 2. The fourth-order valence-corrected chi connectivity index (χ4v) is 3.42. The van der Waals surface area contributed by atoms with Gasteiger partial charge in [-0.1, -0.05) is 6.07 Å². The number of ether oxygens (including phenoxy) is 1. The number of hydrogen-bond acceptors (Lipinski definition) is 4. The summed E-state index contributed by atoms with van der Waals surface area (Å²) in [6.07, 6.45) is -2.63. The quantitative estimate of drug-likeness (QED) is 0.846. The first-order valence-electron chi connectivity index (χ1n) is 8.73. The van der Waals surface area contributed by atoms with Crippen LogP contribution in [0.4, 0.5) is 24.7 Å². The number of benzene rings is 1. The first-order chi connectivity index (χ1) is 12.8. The van der Waals surface area contributed by atoms with E-state index in [4.69, 9.17) is 4.74 Å². The number of carbonyl (C=O) groups is 1.